The molecule has 0 spiro atoms. The Morgan fingerprint density at radius 1 is 1.18 bits per heavy atom. The third-order valence-electron chi connectivity index (χ3n) is 3.88. The van der Waals surface area contributed by atoms with Crippen molar-refractivity contribution in [1.82, 2.24) is 19.9 Å². The number of benzene rings is 1. The van der Waals surface area contributed by atoms with Gasteiger partial charge in [0, 0.05) is 12.1 Å². The lowest BCUT2D eigenvalue weighted by Crippen LogP contribution is -2.24. The zero-order chi connectivity index (χ0) is 15.5. The first-order chi connectivity index (χ1) is 10.6. The molecular weight excluding hydrogens is 287 g/mol. The van der Waals surface area contributed by atoms with Crippen LogP contribution in [0.3, 0.4) is 0 Å². The molecule has 6 nitrogen and oxygen atoms in total. The number of hydrogen-bond donors (Lipinski definition) is 1. The molecule has 3 rings (SSSR count). The van der Waals surface area contributed by atoms with Gasteiger partial charge in [-0.15, -0.1) is 5.10 Å². The Labute approximate surface area is 127 Å². The van der Waals surface area contributed by atoms with Crippen LogP contribution >= 0.6 is 0 Å². The fourth-order valence-corrected chi connectivity index (χ4v) is 2.75. The highest BCUT2D eigenvalue weighted by Gasteiger charge is 2.21. The van der Waals surface area contributed by atoms with Crippen molar-refractivity contribution in [3.63, 3.8) is 0 Å². The van der Waals surface area contributed by atoms with E-state index in [-0.39, 0.29) is 11.5 Å². The van der Waals surface area contributed by atoms with E-state index >= 15 is 0 Å². The second-order valence-electron chi connectivity index (χ2n) is 5.37. The molecule has 2 aromatic rings. The molecule has 2 heterocycles. The van der Waals surface area contributed by atoms with Crippen LogP contribution in [0.1, 0.15) is 23.3 Å². The predicted molar refractivity (Wildman–Crippen MR) is 78.0 cm³/mol. The van der Waals surface area contributed by atoms with Crippen molar-refractivity contribution in [2.24, 2.45) is 0 Å². The highest BCUT2D eigenvalue weighted by atomic mass is 19.1. The molecule has 1 aliphatic heterocycles. The van der Waals surface area contributed by atoms with Gasteiger partial charge in [-0.1, -0.05) is 5.21 Å². The van der Waals surface area contributed by atoms with E-state index in [1.165, 1.54) is 25.0 Å². The Bertz CT molecular complexity index is 663. The number of nitrogens with zero attached hydrogens (tertiary/aromatic N) is 4. The highest BCUT2D eigenvalue weighted by Crippen LogP contribution is 2.23. The van der Waals surface area contributed by atoms with Crippen LogP contribution in [0, 0.1) is 5.82 Å². The van der Waals surface area contributed by atoms with Crippen molar-refractivity contribution >= 4 is 5.97 Å². The zero-order valence-corrected chi connectivity index (χ0v) is 12.1. The lowest BCUT2D eigenvalue weighted by Gasteiger charge is -2.15. The second-order valence-corrected chi connectivity index (χ2v) is 5.37. The number of aromatic carboxylic acids is 1. The monoisotopic (exact) mass is 304 g/mol. The molecular formula is C15H17FN4O2. The molecule has 22 heavy (non-hydrogen) atoms. The summed E-state index contributed by atoms with van der Waals surface area (Å²) in [6.07, 6.45) is 2.39. The molecule has 0 bridgehead atoms. The van der Waals surface area contributed by atoms with Gasteiger partial charge in [-0.2, -0.15) is 0 Å². The normalized spacial score (nSPS) is 15.3. The maximum atomic E-state index is 13.1. The van der Waals surface area contributed by atoms with Crippen LogP contribution < -0.4 is 0 Å². The van der Waals surface area contributed by atoms with Gasteiger partial charge in [0.05, 0.1) is 6.54 Å². The molecule has 1 N–H and O–H groups in total. The van der Waals surface area contributed by atoms with Crippen molar-refractivity contribution in [2.45, 2.75) is 19.4 Å². The Balaban J connectivity index is 1.89. The summed E-state index contributed by atoms with van der Waals surface area (Å²) in [5, 5.41) is 17.0. The molecule has 0 atom stereocenters. The van der Waals surface area contributed by atoms with E-state index < -0.39 is 5.97 Å². The fourth-order valence-electron chi connectivity index (χ4n) is 2.75. The first-order valence-corrected chi connectivity index (χ1v) is 7.30. The van der Waals surface area contributed by atoms with Crippen LogP contribution in [0.25, 0.3) is 11.3 Å². The average Bonchev–Trinajstić information content (AvgIpc) is 3.15. The lowest BCUT2D eigenvalue weighted by molar-refractivity contribution is 0.0691. The molecule has 0 radical (unpaired) electrons. The van der Waals surface area contributed by atoms with E-state index in [2.05, 4.69) is 15.2 Å². The summed E-state index contributed by atoms with van der Waals surface area (Å²) in [7, 11) is 0. The maximum absolute atomic E-state index is 13.1. The summed E-state index contributed by atoms with van der Waals surface area (Å²) >= 11 is 0. The van der Waals surface area contributed by atoms with E-state index in [0.717, 1.165) is 19.6 Å². The number of likely N-dealkylation sites (tertiary alicyclic amines) is 1. The summed E-state index contributed by atoms with van der Waals surface area (Å²) < 4.78 is 14.7. The molecule has 116 valence electrons. The SMILES string of the molecule is O=C(O)c1nnn(CCN2CCCC2)c1-c1ccc(F)cc1. The van der Waals surface area contributed by atoms with Gasteiger partial charge in [-0.3, -0.25) is 0 Å². The number of halogens is 1. The van der Waals surface area contributed by atoms with Crippen molar-refractivity contribution in [1.29, 1.82) is 0 Å². The van der Waals surface area contributed by atoms with Gasteiger partial charge >= 0.3 is 5.97 Å². The van der Waals surface area contributed by atoms with E-state index in [1.54, 1.807) is 16.8 Å². The van der Waals surface area contributed by atoms with Gasteiger partial charge in [0.15, 0.2) is 5.69 Å². The van der Waals surface area contributed by atoms with Gasteiger partial charge < -0.3 is 10.0 Å². The molecule has 0 aliphatic carbocycles. The number of hydrogen-bond acceptors (Lipinski definition) is 4. The lowest BCUT2D eigenvalue weighted by atomic mass is 10.1. The van der Waals surface area contributed by atoms with E-state index in [9.17, 15) is 14.3 Å². The third kappa shape index (κ3) is 2.99. The van der Waals surface area contributed by atoms with Crippen molar-refractivity contribution in [3.8, 4) is 11.3 Å². The van der Waals surface area contributed by atoms with Gasteiger partial charge in [0.1, 0.15) is 11.5 Å². The predicted octanol–water partition coefficient (Wildman–Crippen LogP) is 1.88. The van der Waals surface area contributed by atoms with E-state index in [4.69, 9.17) is 0 Å². The molecule has 0 amide bonds. The number of carboxylic acid groups (broad SMARTS) is 1. The molecule has 1 aromatic carbocycles. The number of rotatable bonds is 5. The smallest absolute Gasteiger partial charge is 0.358 e. The zero-order valence-electron chi connectivity index (χ0n) is 12.1. The first-order valence-electron chi connectivity index (χ1n) is 7.30. The maximum Gasteiger partial charge on any atom is 0.358 e. The number of aromatic nitrogens is 3. The minimum atomic E-state index is -1.13. The Hall–Kier alpha value is -2.28. The second kappa shape index (κ2) is 6.23. The topological polar surface area (TPSA) is 71.2 Å². The molecule has 1 saturated heterocycles. The minimum Gasteiger partial charge on any atom is -0.476 e. The summed E-state index contributed by atoms with van der Waals surface area (Å²) in [4.78, 5) is 13.7. The summed E-state index contributed by atoms with van der Waals surface area (Å²) in [5.74, 6) is -1.50. The number of carboxylic acids is 1. The average molecular weight is 304 g/mol. The Morgan fingerprint density at radius 2 is 1.86 bits per heavy atom. The third-order valence-corrected chi connectivity index (χ3v) is 3.88. The van der Waals surface area contributed by atoms with Crippen molar-refractivity contribution < 1.29 is 14.3 Å². The minimum absolute atomic E-state index is 0.104. The van der Waals surface area contributed by atoms with Crippen LogP contribution in [0.5, 0.6) is 0 Å². The Morgan fingerprint density at radius 3 is 2.50 bits per heavy atom. The molecule has 1 fully saturated rings. The summed E-state index contributed by atoms with van der Waals surface area (Å²) in [6.45, 7) is 3.49. The molecule has 0 unspecified atom stereocenters. The number of carbonyl (C=O) groups is 1. The summed E-state index contributed by atoms with van der Waals surface area (Å²) in [5.41, 5.74) is 0.921. The van der Waals surface area contributed by atoms with Crippen LogP contribution in [-0.4, -0.2) is 50.6 Å². The highest BCUT2D eigenvalue weighted by molar-refractivity contribution is 5.92. The van der Waals surface area contributed by atoms with Gasteiger partial charge in [0.2, 0.25) is 0 Å². The molecule has 0 saturated carbocycles. The van der Waals surface area contributed by atoms with Crippen LogP contribution in [0.15, 0.2) is 24.3 Å². The first kappa shape index (κ1) is 14.6. The van der Waals surface area contributed by atoms with Crippen LogP contribution in [0.2, 0.25) is 0 Å². The van der Waals surface area contributed by atoms with Crippen LogP contribution in [0.4, 0.5) is 4.39 Å². The van der Waals surface area contributed by atoms with Crippen molar-refractivity contribution in [3.05, 3.63) is 35.8 Å². The Kier molecular flexibility index (Phi) is 4.15. The van der Waals surface area contributed by atoms with Gasteiger partial charge in [0.25, 0.3) is 0 Å². The van der Waals surface area contributed by atoms with E-state index in [1.807, 2.05) is 0 Å². The fraction of sp³-hybridized carbons (Fsp3) is 0.400. The molecule has 7 heteroatoms. The van der Waals surface area contributed by atoms with Gasteiger partial charge in [-0.05, 0) is 50.2 Å². The summed E-state index contributed by atoms with van der Waals surface area (Å²) in [6, 6.07) is 5.71. The quantitative estimate of drug-likeness (QED) is 0.913. The van der Waals surface area contributed by atoms with Gasteiger partial charge in [-0.25, -0.2) is 13.9 Å². The van der Waals surface area contributed by atoms with Crippen molar-refractivity contribution in [2.75, 3.05) is 19.6 Å². The van der Waals surface area contributed by atoms with Crippen LogP contribution in [-0.2, 0) is 6.54 Å². The van der Waals surface area contributed by atoms with E-state index in [0.29, 0.717) is 17.8 Å². The molecule has 1 aliphatic rings. The standard InChI is InChI=1S/C15H17FN4O2/c16-12-5-3-11(4-6-12)14-13(15(21)22)17-18-20(14)10-9-19-7-1-2-8-19/h3-6H,1-2,7-10H2,(H,21,22). The largest absolute Gasteiger partial charge is 0.476 e. The molecule has 1 aromatic heterocycles.